The zero-order valence-electron chi connectivity index (χ0n) is 34.3. The van der Waals surface area contributed by atoms with Gasteiger partial charge in [-0.2, -0.15) is 0 Å². The Morgan fingerprint density at radius 1 is 0.945 bits per heavy atom. The molecule has 0 radical (unpaired) electrons. The van der Waals surface area contributed by atoms with Crippen molar-refractivity contribution in [3.8, 4) is 11.5 Å². The molecule has 0 fully saturated rings. The van der Waals surface area contributed by atoms with Crippen LogP contribution in [0.5, 0.6) is 11.5 Å². The first-order valence-corrected chi connectivity index (χ1v) is 22.9. The summed E-state index contributed by atoms with van der Waals surface area (Å²) in [5, 5.41) is 7.22. The molecule has 8 nitrogen and oxygen atoms in total. The molecule has 5 atom stereocenters. The van der Waals surface area contributed by atoms with Crippen molar-refractivity contribution in [2.24, 2.45) is 0 Å². The number of carbonyl (C=O) groups is 2. The van der Waals surface area contributed by atoms with Gasteiger partial charge in [-0.3, -0.25) is 9.59 Å². The Morgan fingerprint density at radius 2 is 1.64 bits per heavy atom. The van der Waals surface area contributed by atoms with Crippen molar-refractivity contribution in [1.82, 2.24) is 15.5 Å². The number of nitrogens with one attached hydrogen (secondary N) is 2. The van der Waals surface area contributed by atoms with E-state index in [9.17, 15) is 9.59 Å². The van der Waals surface area contributed by atoms with Gasteiger partial charge in [0.1, 0.15) is 17.5 Å². The number of carbonyl (C=O) groups excluding carboxylic acids is 2. The molecule has 298 valence electrons. The molecule has 1 aliphatic rings. The number of fused-ring (bicyclic) bond motifs is 1. The van der Waals surface area contributed by atoms with Gasteiger partial charge in [0, 0.05) is 26.1 Å². The van der Waals surface area contributed by atoms with Gasteiger partial charge in [0.2, 0.25) is 11.8 Å². The molecule has 55 heavy (non-hydrogen) atoms. The maximum atomic E-state index is 14.4. The fourth-order valence-corrected chi connectivity index (χ4v) is 8.17. The lowest BCUT2D eigenvalue weighted by Crippen LogP contribution is -2.58. The SMILES string of the molecule is C=CCOC1CC(NC[C@@H](O[Si](C)(C)C(C)(C)C)[C@H](Cc2ccccc2)NC(=O)[C@H](CC=C)N(C)C(=O)CCCCC)c2cc(Oc3ccccc3)ccc21. The van der Waals surface area contributed by atoms with E-state index in [1.54, 1.807) is 24.1 Å². The quantitative estimate of drug-likeness (QED) is 0.0602. The van der Waals surface area contributed by atoms with Crippen molar-refractivity contribution in [3.05, 3.63) is 121 Å². The molecular formula is C46H65N3O5Si. The van der Waals surface area contributed by atoms with Crippen LogP contribution in [0.15, 0.2) is 104 Å². The largest absolute Gasteiger partial charge is 0.457 e. The normalized spacial score (nSPS) is 17.1. The number of unbranched alkanes of at least 4 members (excludes halogenated alkanes) is 2. The third-order valence-corrected chi connectivity index (χ3v) is 15.6. The predicted molar refractivity (Wildman–Crippen MR) is 227 cm³/mol. The van der Waals surface area contributed by atoms with Gasteiger partial charge in [0.25, 0.3) is 0 Å². The highest BCUT2D eigenvalue weighted by molar-refractivity contribution is 6.74. The van der Waals surface area contributed by atoms with Crippen LogP contribution in [0.1, 0.15) is 95.1 Å². The van der Waals surface area contributed by atoms with Crippen LogP contribution >= 0.6 is 0 Å². The minimum Gasteiger partial charge on any atom is -0.457 e. The fourth-order valence-electron chi connectivity index (χ4n) is 6.82. The predicted octanol–water partition coefficient (Wildman–Crippen LogP) is 9.86. The monoisotopic (exact) mass is 767 g/mol. The van der Waals surface area contributed by atoms with Crippen molar-refractivity contribution in [2.45, 2.75) is 121 Å². The zero-order chi connectivity index (χ0) is 40.0. The van der Waals surface area contributed by atoms with Gasteiger partial charge < -0.3 is 29.4 Å². The van der Waals surface area contributed by atoms with Gasteiger partial charge in [-0.1, -0.05) is 107 Å². The molecule has 4 rings (SSSR count). The van der Waals surface area contributed by atoms with Crippen molar-refractivity contribution in [3.63, 3.8) is 0 Å². The van der Waals surface area contributed by atoms with E-state index < -0.39 is 20.4 Å². The van der Waals surface area contributed by atoms with Crippen molar-refractivity contribution < 1.29 is 23.5 Å². The summed E-state index contributed by atoms with van der Waals surface area (Å²) in [6.07, 6.45) is 7.86. The molecule has 0 saturated heterocycles. The summed E-state index contributed by atoms with van der Waals surface area (Å²) >= 11 is 0. The van der Waals surface area contributed by atoms with Gasteiger partial charge in [-0.25, -0.2) is 0 Å². The van der Waals surface area contributed by atoms with Gasteiger partial charge in [0.15, 0.2) is 8.32 Å². The van der Waals surface area contributed by atoms with E-state index in [1.165, 1.54) is 0 Å². The molecule has 0 heterocycles. The topological polar surface area (TPSA) is 89.1 Å². The summed E-state index contributed by atoms with van der Waals surface area (Å²) in [5.41, 5.74) is 3.33. The molecule has 3 aromatic rings. The average molecular weight is 768 g/mol. The summed E-state index contributed by atoms with van der Waals surface area (Å²) < 4.78 is 19.8. The maximum absolute atomic E-state index is 14.4. The highest BCUT2D eigenvalue weighted by Crippen LogP contribution is 2.43. The van der Waals surface area contributed by atoms with Gasteiger partial charge in [0.05, 0.1) is 24.9 Å². The fraction of sp³-hybridized carbons (Fsp3) is 0.478. The molecule has 2 N–H and O–H groups in total. The van der Waals surface area contributed by atoms with Crippen LogP contribution in [-0.4, -0.2) is 63.4 Å². The number of hydrogen-bond acceptors (Lipinski definition) is 6. The van der Waals surface area contributed by atoms with E-state index in [-0.39, 0.29) is 35.1 Å². The second-order valence-electron chi connectivity index (χ2n) is 16.2. The molecule has 3 aromatic carbocycles. The van der Waals surface area contributed by atoms with E-state index in [4.69, 9.17) is 13.9 Å². The van der Waals surface area contributed by atoms with Crippen molar-refractivity contribution in [1.29, 1.82) is 0 Å². The highest BCUT2D eigenvalue weighted by Gasteiger charge is 2.42. The molecule has 1 aliphatic carbocycles. The van der Waals surface area contributed by atoms with Crippen molar-refractivity contribution in [2.75, 3.05) is 20.2 Å². The lowest BCUT2D eigenvalue weighted by atomic mass is 9.99. The summed E-state index contributed by atoms with van der Waals surface area (Å²) in [7, 11) is -0.626. The Labute approximate surface area is 331 Å². The molecule has 0 aliphatic heterocycles. The standard InChI is InChI=1S/C46H65N3O5Si/c1-10-13-16-26-44(50)49(7)41(21-11-2)45(51)48-40(30-34-22-17-14-18-23-34)43(54-55(8,9)46(4,5)6)33-47-39-32-42(52-29-12-3)37-28-27-36(31-38(37)39)53-35-24-19-15-20-25-35/h11-12,14-15,17-20,22-25,27-28,31,39-43,47H,2-3,10,13,16,21,26,29-30,32-33H2,1,4-9H3,(H,48,51)/t39?,40-,41-,42?,43+/m0/s1. The Morgan fingerprint density at radius 3 is 2.27 bits per heavy atom. The zero-order valence-corrected chi connectivity index (χ0v) is 35.3. The minimum absolute atomic E-state index is 0.0328. The summed E-state index contributed by atoms with van der Waals surface area (Å²) in [5.74, 6) is 1.29. The Kier molecular flexibility index (Phi) is 16.5. The lowest BCUT2D eigenvalue weighted by molar-refractivity contribution is -0.139. The Balaban J connectivity index is 1.68. The van der Waals surface area contributed by atoms with Crippen LogP contribution in [0, 0.1) is 0 Å². The number of benzene rings is 3. The van der Waals surface area contributed by atoms with Gasteiger partial charge in [-0.15, -0.1) is 13.2 Å². The molecular weight excluding hydrogens is 703 g/mol. The van der Waals surface area contributed by atoms with Gasteiger partial charge in [-0.05, 0) is 84.8 Å². The molecule has 2 amide bonds. The number of amides is 2. The molecule has 2 unspecified atom stereocenters. The van der Waals surface area contributed by atoms with E-state index >= 15 is 0 Å². The number of para-hydroxylation sites is 1. The number of ether oxygens (including phenoxy) is 2. The first kappa shape index (κ1) is 43.7. The van der Waals surface area contributed by atoms with Crippen LogP contribution in [-0.2, 0) is 25.2 Å². The van der Waals surface area contributed by atoms with Crippen LogP contribution in [0.3, 0.4) is 0 Å². The third kappa shape index (κ3) is 12.5. The number of nitrogens with zero attached hydrogens (tertiary/aromatic N) is 1. The van der Waals surface area contributed by atoms with E-state index in [0.29, 0.717) is 32.4 Å². The second kappa shape index (κ2) is 20.8. The smallest absolute Gasteiger partial charge is 0.243 e. The summed E-state index contributed by atoms with van der Waals surface area (Å²) in [4.78, 5) is 29.2. The molecule has 0 saturated carbocycles. The van der Waals surface area contributed by atoms with Crippen LogP contribution < -0.4 is 15.4 Å². The van der Waals surface area contributed by atoms with E-state index in [0.717, 1.165) is 53.9 Å². The van der Waals surface area contributed by atoms with E-state index in [1.807, 2.05) is 54.6 Å². The third-order valence-electron chi connectivity index (χ3n) is 11.1. The van der Waals surface area contributed by atoms with Crippen LogP contribution in [0.25, 0.3) is 0 Å². The molecule has 0 spiro atoms. The molecule has 0 aromatic heterocycles. The van der Waals surface area contributed by atoms with Crippen LogP contribution in [0.4, 0.5) is 0 Å². The highest BCUT2D eigenvalue weighted by atomic mass is 28.4. The lowest BCUT2D eigenvalue weighted by Gasteiger charge is -2.42. The van der Waals surface area contributed by atoms with Crippen LogP contribution in [0.2, 0.25) is 18.1 Å². The minimum atomic E-state index is -2.36. The summed E-state index contributed by atoms with van der Waals surface area (Å²) in [6, 6.07) is 25.1. The molecule has 9 heteroatoms. The number of likely N-dealkylation sites (N-methyl/N-ethyl adjacent to an activating group) is 1. The average Bonchev–Trinajstić information content (AvgIpc) is 3.50. The number of rotatable bonds is 22. The maximum Gasteiger partial charge on any atom is 0.243 e. The van der Waals surface area contributed by atoms with E-state index in [2.05, 4.69) is 88.8 Å². The number of hydrogen-bond donors (Lipinski definition) is 2. The first-order valence-electron chi connectivity index (χ1n) is 20.0. The second-order valence-corrected chi connectivity index (χ2v) is 21.0. The Hall–Kier alpha value is -4.02. The Bertz CT molecular complexity index is 1680. The first-order chi connectivity index (χ1) is 26.3. The van der Waals surface area contributed by atoms with Crippen molar-refractivity contribution >= 4 is 20.1 Å². The molecule has 0 bridgehead atoms. The summed E-state index contributed by atoms with van der Waals surface area (Å²) in [6.45, 7) is 22.0. The van der Waals surface area contributed by atoms with Gasteiger partial charge >= 0.3 is 0 Å².